The van der Waals surface area contributed by atoms with Gasteiger partial charge in [-0.2, -0.15) is 0 Å². The number of carbonyl (C=O) groups is 1. The van der Waals surface area contributed by atoms with Gasteiger partial charge in [0.15, 0.2) is 0 Å². The summed E-state index contributed by atoms with van der Waals surface area (Å²) in [5, 5.41) is 0.463. The minimum absolute atomic E-state index is 0.0850. The molecule has 2 heterocycles. The van der Waals surface area contributed by atoms with E-state index in [4.69, 9.17) is 11.6 Å². The number of carbonyl (C=O) groups excluding carboxylic acids is 1. The fourth-order valence-corrected chi connectivity index (χ4v) is 3.78. The second-order valence-corrected chi connectivity index (χ2v) is 6.02. The molecule has 3 rings (SSSR count). The van der Waals surface area contributed by atoms with Gasteiger partial charge in [0.05, 0.1) is 10.6 Å². The summed E-state index contributed by atoms with van der Waals surface area (Å²) < 4.78 is 0. The van der Waals surface area contributed by atoms with Crippen LogP contribution in [0.3, 0.4) is 0 Å². The number of hydrogen-bond acceptors (Lipinski definition) is 2. The van der Waals surface area contributed by atoms with Crippen LogP contribution in [0, 0.1) is 5.92 Å². The predicted molar refractivity (Wildman–Crippen MR) is 75.3 cm³/mol. The van der Waals surface area contributed by atoms with E-state index in [2.05, 4.69) is 9.88 Å². The highest BCUT2D eigenvalue weighted by Gasteiger charge is 2.36. The lowest BCUT2D eigenvalue weighted by Gasteiger charge is -2.29. The van der Waals surface area contributed by atoms with Crippen LogP contribution in [0.2, 0.25) is 5.02 Å². The van der Waals surface area contributed by atoms with Crippen LogP contribution in [-0.4, -0.2) is 28.4 Å². The third-order valence-electron chi connectivity index (χ3n) is 4.51. The molecule has 102 valence electrons. The minimum Gasteiger partial charge on any atom is -0.335 e. The van der Waals surface area contributed by atoms with E-state index >= 15 is 0 Å². The molecule has 0 spiro atoms. The standard InChI is InChI=1S/C15H19ClN2O/c16-13-10-17-8-7-12(13)15(19)18-9-3-6-14(18)11-4-1-2-5-11/h7-8,10-11,14H,1-6,9H2. The summed E-state index contributed by atoms with van der Waals surface area (Å²) in [6.45, 7) is 0.874. The lowest BCUT2D eigenvalue weighted by atomic mass is 9.95. The Morgan fingerprint density at radius 3 is 2.79 bits per heavy atom. The Labute approximate surface area is 119 Å². The van der Waals surface area contributed by atoms with E-state index in [0.29, 0.717) is 22.5 Å². The predicted octanol–water partition coefficient (Wildman–Crippen LogP) is 3.53. The maximum absolute atomic E-state index is 12.6. The van der Waals surface area contributed by atoms with E-state index in [1.54, 1.807) is 18.5 Å². The third-order valence-corrected chi connectivity index (χ3v) is 4.81. The van der Waals surface area contributed by atoms with Crippen molar-refractivity contribution < 1.29 is 4.79 Å². The first-order chi connectivity index (χ1) is 9.27. The number of amides is 1. The highest BCUT2D eigenvalue weighted by Crippen LogP contribution is 2.36. The smallest absolute Gasteiger partial charge is 0.255 e. The molecule has 1 atom stereocenters. The molecular formula is C15H19ClN2O. The molecule has 1 saturated carbocycles. The van der Waals surface area contributed by atoms with Gasteiger partial charge in [0.25, 0.3) is 5.91 Å². The number of halogens is 1. The molecule has 0 aromatic carbocycles. The van der Waals surface area contributed by atoms with Crippen LogP contribution in [0.4, 0.5) is 0 Å². The fraction of sp³-hybridized carbons (Fsp3) is 0.600. The van der Waals surface area contributed by atoms with E-state index in [-0.39, 0.29) is 5.91 Å². The number of nitrogens with zero attached hydrogens (tertiary/aromatic N) is 2. The van der Waals surface area contributed by atoms with Crippen molar-refractivity contribution in [3.8, 4) is 0 Å². The van der Waals surface area contributed by atoms with Crippen molar-refractivity contribution in [3.63, 3.8) is 0 Å². The van der Waals surface area contributed by atoms with Crippen LogP contribution in [0.5, 0.6) is 0 Å². The SMILES string of the molecule is O=C(c1ccncc1Cl)N1CCCC1C1CCCC1. The van der Waals surface area contributed by atoms with Crippen molar-refractivity contribution in [2.24, 2.45) is 5.92 Å². The summed E-state index contributed by atoms with van der Waals surface area (Å²) in [5.41, 5.74) is 0.599. The van der Waals surface area contributed by atoms with Crippen molar-refractivity contribution in [1.29, 1.82) is 0 Å². The van der Waals surface area contributed by atoms with Gasteiger partial charge in [-0.3, -0.25) is 9.78 Å². The Hall–Kier alpha value is -1.09. The average molecular weight is 279 g/mol. The van der Waals surface area contributed by atoms with E-state index < -0.39 is 0 Å². The molecule has 1 amide bonds. The fourth-order valence-electron chi connectivity index (χ4n) is 3.58. The van der Waals surface area contributed by atoms with Crippen molar-refractivity contribution in [3.05, 3.63) is 29.0 Å². The zero-order valence-electron chi connectivity index (χ0n) is 11.0. The highest BCUT2D eigenvalue weighted by atomic mass is 35.5. The molecule has 0 radical (unpaired) electrons. The first-order valence-corrected chi connectivity index (χ1v) is 7.55. The second kappa shape index (κ2) is 5.49. The first-order valence-electron chi connectivity index (χ1n) is 7.18. The Kier molecular flexibility index (Phi) is 3.74. The zero-order valence-corrected chi connectivity index (χ0v) is 11.8. The number of rotatable bonds is 2. The van der Waals surface area contributed by atoms with Crippen LogP contribution < -0.4 is 0 Å². The molecule has 0 bridgehead atoms. The third kappa shape index (κ3) is 2.48. The Balaban J connectivity index is 1.80. The van der Waals surface area contributed by atoms with E-state index in [1.807, 2.05) is 0 Å². The van der Waals surface area contributed by atoms with Crippen molar-refractivity contribution in [2.75, 3.05) is 6.54 Å². The lowest BCUT2D eigenvalue weighted by Crippen LogP contribution is -2.39. The maximum Gasteiger partial charge on any atom is 0.255 e. The highest BCUT2D eigenvalue weighted by molar-refractivity contribution is 6.33. The average Bonchev–Trinajstić information content (AvgIpc) is 3.09. The zero-order chi connectivity index (χ0) is 13.2. The van der Waals surface area contributed by atoms with Gasteiger partial charge in [0.1, 0.15) is 0 Å². The molecule has 3 nitrogen and oxygen atoms in total. The molecular weight excluding hydrogens is 260 g/mol. The van der Waals surface area contributed by atoms with Crippen LogP contribution in [0.1, 0.15) is 48.9 Å². The molecule has 0 N–H and O–H groups in total. The summed E-state index contributed by atoms with van der Waals surface area (Å²) in [5.74, 6) is 0.786. The van der Waals surface area contributed by atoms with Gasteiger partial charge in [-0.05, 0) is 37.7 Å². The summed E-state index contributed by atoms with van der Waals surface area (Å²) in [7, 11) is 0. The summed E-state index contributed by atoms with van der Waals surface area (Å²) in [6, 6.07) is 2.16. The molecule has 2 fully saturated rings. The van der Waals surface area contributed by atoms with Gasteiger partial charge in [-0.1, -0.05) is 24.4 Å². The van der Waals surface area contributed by atoms with E-state index in [9.17, 15) is 4.79 Å². The second-order valence-electron chi connectivity index (χ2n) is 5.61. The van der Waals surface area contributed by atoms with Crippen molar-refractivity contribution >= 4 is 17.5 Å². The molecule has 4 heteroatoms. The largest absolute Gasteiger partial charge is 0.335 e. The van der Waals surface area contributed by atoms with E-state index in [0.717, 1.165) is 19.4 Å². The molecule has 1 aromatic heterocycles. The summed E-state index contributed by atoms with van der Waals surface area (Å²) >= 11 is 6.09. The molecule has 1 aliphatic carbocycles. The molecule has 1 saturated heterocycles. The number of likely N-dealkylation sites (tertiary alicyclic amines) is 1. The number of aromatic nitrogens is 1. The van der Waals surface area contributed by atoms with Gasteiger partial charge >= 0.3 is 0 Å². The van der Waals surface area contributed by atoms with Gasteiger partial charge in [0, 0.05) is 25.0 Å². The monoisotopic (exact) mass is 278 g/mol. The van der Waals surface area contributed by atoms with Gasteiger partial charge < -0.3 is 4.90 Å². The Bertz CT molecular complexity index is 471. The van der Waals surface area contributed by atoms with E-state index in [1.165, 1.54) is 25.7 Å². The quantitative estimate of drug-likeness (QED) is 0.829. The van der Waals surface area contributed by atoms with Crippen LogP contribution in [0.25, 0.3) is 0 Å². The molecule has 2 aliphatic rings. The summed E-state index contributed by atoms with van der Waals surface area (Å²) in [6.07, 6.45) is 10.7. The maximum atomic E-state index is 12.6. The molecule has 1 unspecified atom stereocenters. The van der Waals surface area contributed by atoms with Crippen molar-refractivity contribution in [2.45, 2.75) is 44.6 Å². The number of pyridine rings is 1. The summed E-state index contributed by atoms with van der Waals surface area (Å²) in [4.78, 5) is 18.6. The molecule has 1 aliphatic heterocycles. The Morgan fingerprint density at radius 2 is 2.05 bits per heavy atom. The van der Waals surface area contributed by atoms with Crippen LogP contribution in [-0.2, 0) is 0 Å². The molecule has 19 heavy (non-hydrogen) atoms. The molecule has 1 aromatic rings. The van der Waals surface area contributed by atoms with Gasteiger partial charge in [-0.25, -0.2) is 0 Å². The van der Waals surface area contributed by atoms with Crippen LogP contribution >= 0.6 is 11.6 Å². The number of hydrogen-bond donors (Lipinski definition) is 0. The topological polar surface area (TPSA) is 33.2 Å². The minimum atomic E-state index is 0.0850. The first kappa shape index (κ1) is 12.9. The van der Waals surface area contributed by atoms with Gasteiger partial charge in [0.2, 0.25) is 0 Å². The van der Waals surface area contributed by atoms with Crippen LogP contribution in [0.15, 0.2) is 18.5 Å². The Morgan fingerprint density at radius 1 is 1.26 bits per heavy atom. The van der Waals surface area contributed by atoms with Gasteiger partial charge in [-0.15, -0.1) is 0 Å². The lowest BCUT2D eigenvalue weighted by molar-refractivity contribution is 0.0689. The van der Waals surface area contributed by atoms with Crippen molar-refractivity contribution in [1.82, 2.24) is 9.88 Å². The normalized spacial score (nSPS) is 24.1.